The number of amides is 2. The van der Waals surface area contributed by atoms with Crippen LogP contribution in [0.2, 0.25) is 18.1 Å². The Hall–Kier alpha value is -3.67. The minimum absolute atomic E-state index is 0.00115. The van der Waals surface area contributed by atoms with E-state index in [0.29, 0.717) is 6.54 Å². The quantitative estimate of drug-likeness (QED) is 0.194. The zero-order valence-electron chi connectivity index (χ0n) is 27.7. The first-order valence-corrected chi connectivity index (χ1v) is 18.5. The SMILES string of the molecule is COc1ccc(C(OC[C@H]2O[C@@H](N3C=CCNC3=O)[C@H](O[Si](C)(C)C(C)(C)C)[C@@H]2O)(c2ccccc2)c2ccc(OC)cc2)cc1. The van der Waals surface area contributed by atoms with Crippen molar-refractivity contribution in [2.45, 2.75) is 69.0 Å². The average molecular weight is 647 g/mol. The van der Waals surface area contributed by atoms with E-state index in [1.165, 1.54) is 4.90 Å². The molecule has 0 radical (unpaired) electrons. The lowest BCUT2D eigenvalue weighted by atomic mass is 9.80. The number of methoxy groups -OCH3 is 2. The number of urea groups is 1. The van der Waals surface area contributed by atoms with Crippen molar-refractivity contribution in [3.05, 3.63) is 108 Å². The van der Waals surface area contributed by atoms with Crippen LogP contribution < -0.4 is 14.8 Å². The van der Waals surface area contributed by atoms with E-state index in [1.54, 1.807) is 20.4 Å². The lowest BCUT2D eigenvalue weighted by molar-refractivity contribution is -0.0994. The third kappa shape index (κ3) is 6.58. The van der Waals surface area contributed by atoms with Crippen molar-refractivity contribution in [1.29, 1.82) is 0 Å². The molecule has 2 N–H and O–H groups in total. The Morgan fingerprint density at radius 2 is 1.43 bits per heavy atom. The second-order valence-electron chi connectivity index (χ2n) is 13.2. The largest absolute Gasteiger partial charge is 0.497 e. The first-order chi connectivity index (χ1) is 21.9. The first-order valence-electron chi connectivity index (χ1n) is 15.6. The lowest BCUT2D eigenvalue weighted by Crippen LogP contribution is -2.55. The molecule has 0 bridgehead atoms. The van der Waals surface area contributed by atoms with Gasteiger partial charge in [0.1, 0.15) is 35.4 Å². The number of carbonyl (C=O) groups is 1. The molecular weight excluding hydrogens is 600 g/mol. The number of nitrogens with zero attached hydrogens (tertiary/aromatic N) is 1. The van der Waals surface area contributed by atoms with E-state index < -0.39 is 38.5 Å². The van der Waals surface area contributed by atoms with Crippen LogP contribution in [0.1, 0.15) is 37.5 Å². The fraction of sp³-hybridized carbons (Fsp3) is 0.417. The van der Waals surface area contributed by atoms with Gasteiger partial charge in [-0.05, 0) is 65.2 Å². The summed E-state index contributed by atoms with van der Waals surface area (Å²) < 4.78 is 31.3. The molecule has 2 aliphatic heterocycles. The Balaban J connectivity index is 1.56. The Morgan fingerprint density at radius 3 is 1.93 bits per heavy atom. The molecule has 0 spiro atoms. The summed E-state index contributed by atoms with van der Waals surface area (Å²) in [5.41, 5.74) is 1.52. The molecule has 0 saturated carbocycles. The molecule has 0 unspecified atom stereocenters. The van der Waals surface area contributed by atoms with Gasteiger partial charge in [-0.2, -0.15) is 0 Å². The highest BCUT2D eigenvalue weighted by Crippen LogP contribution is 2.44. The lowest BCUT2D eigenvalue weighted by Gasteiger charge is -2.41. The van der Waals surface area contributed by atoms with Crippen LogP contribution in [-0.4, -0.2) is 76.3 Å². The zero-order valence-corrected chi connectivity index (χ0v) is 28.7. The first kappa shape index (κ1) is 33.7. The van der Waals surface area contributed by atoms with Crippen LogP contribution in [0.3, 0.4) is 0 Å². The standard InChI is InChI=1S/C36H46N2O7Si/c1-35(2,3)46(6,7)45-32-31(39)30(44-33(32)38-23-11-22-37-34(38)40)24-43-36(25-12-9-8-10-13-25,26-14-18-28(41-4)19-15-26)27-16-20-29(42-5)21-17-27/h8-21,23,30-33,39H,22,24H2,1-7H3,(H,37,40)/t30-,31-,32-,33-/m1/s1. The van der Waals surface area contributed by atoms with E-state index >= 15 is 0 Å². The average Bonchev–Trinajstić information content (AvgIpc) is 3.35. The molecule has 2 amide bonds. The molecule has 46 heavy (non-hydrogen) atoms. The van der Waals surface area contributed by atoms with Gasteiger partial charge in [0.05, 0.1) is 20.8 Å². The van der Waals surface area contributed by atoms with Crippen LogP contribution in [0.5, 0.6) is 11.5 Å². The molecule has 10 heteroatoms. The number of carbonyl (C=O) groups excluding carboxylic acids is 1. The summed E-state index contributed by atoms with van der Waals surface area (Å²) >= 11 is 0. The number of nitrogens with one attached hydrogen (secondary N) is 1. The number of ether oxygens (including phenoxy) is 4. The molecule has 4 atom stereocenters. The van der Waals surface area contributed by atoms with Crippen molar-refractivity contribution >= 4 is 14.3 Å². The van der Waals surface area contributed by atoms with E-state index in [1.807, 2.05) is 84.9 Å². The highest BCUT2D eigenvalue weighted by molar-refractivity contribution is 6.74. The number of benzene rings is 3. The summed E-state index contributed by atoms with van der Waals surface area (Å²) in [4.78, 5) is 14.5. The number of hydrogen-bond donors (Lipinski definition) is 2. The summed E-state index contributed by atoms with van der Waals surface area (Å²) in [6.45, 7) is 11.1. The predicted octanol–water partition coefficient (Wildman–Crippen LogP) is 6.03. The van der Waals surface area contributed by atoms with E-state index in [4.69, 9.17) is 23.4 Å². The van der Waals surface area contributed by atoms with E-state index in [2.05, 4.69) is 39.2 Å². The fourth-order valence-corrected chi connectivity index (χ4v) is 6.97. The summed E-state index contributed by atoms with van der Waals surface area (Å²) in [6, 6.07) is 25.2. The Labute approximate surface area is 273 Å². The van der Waals surface area contributed by atoms with Crippen molar-refractivity contribution in [1.82, 2.24) is 10.2 Å². The normalized spacial score (nSPS) is 22.1. The molecule has 0 aliphatic carbocycles. The van der Waals surface area contributed by atoms with Crippen molar-refractivity contribution in [3.8, 4) is 11.5 Å². The van der Waals surface area contributed by atoms with Crippen LogP contribution in [0, 0.1) is 0 Å². The molecule has 5 rings (SSSR count). The van der Waals surface area contributed by atoms with Crippen LogP contribution in [0.4, 0.5) is 4.79 Å². The number of aliphatic hydroxyl groups excluding tert-OH is 1. The molecule has 2 heterocycles. The van der Waals surface area contributed by atoms with Crippen molar-refractivity contribution < 1.29 is 33.3 Å². The van der Waals surface area contributed by atoms with Crippen molar-refractivity contribution in [2.24, 2.45) is 0 Å². The smallest absolute Gasteiger partial charge is 0.323 e. The highest BCUT2D eigenvalue weighted by Gasteiger charge is 2.53. The highest BCUT2D eigenvalue weighted by atomic mass is 28.4. The number of aliphatic hydroxyl groups is 1. The minimum atomic E-state index is -2.39. The molecule has 2 aliphatic rings. The second kappa shape index (κ2) is 13.6. The molecule has 1 saturated heterocycles. The summed E-state index contributed by atoms with van der Waals surface area (Å²) in [5, 5.41) is 14.6. The fourth-order valence-electron chi connectivity index (χ4n) is 5.68. The van der Waals surface area contributed by atoms with E-state index in [-0.39, 0.29) is 17.7 Å². The number of rotatable bonds is 11. The Bertz CT molecular complexity index is 1440. The van der Waals surface area contributed by atoms with Crippen LogP contribution in [0.15, 0.2) is 91.1 Å². The molecule has 0 aromatic heterocycles. The van der Waals surface area contributed by atoms with Gasteiger partial charge in [0.25, 0.3) is 0 Å². The van der Waals surface area contributed by atoms with Crippen molar-refractivity contribution in [2.75, 3.05) is 27.4 Å². The van der Waals surface area contributed by atoms with Crippen LogP contribution in [-0.2, 0) is 19.5 Å². The van der Waals surface area contributed by atoms with Gasteiger partial charge in [0.2, 0.25) is 0 Å². The molecule has 3 aromatic carbocycles. The maximum Gasteiger partial charge on any atom is 0.323 e. The molecular formula is C36H46N2O7Si. The van der Waals surface area contributed by atoms with Crippen LogP contribution >= 0.6 is 0 Å². The summed E-state index contributed by atoms with van der Waals surface area (Å²) in [7, 11) is 0.876. The third-order valence-corrected chi connectivity index (χ3v) is 13.8. The Morgan fingerprint density at radius 1 is 0.891 bits per heavy atom. The second-order valence-corrected chi connectivity index (χ2v) is 17.9. The van der Waals surface area contributed by atoms with Crippen LogP contribution in [0.25, 0.3) is 0 Å². The molecule has 3 aromatic rings. The van der Waals surface area contributed by atoms with Gasteiger partial charge in [-0.15, -0.1) is 0 Å². The van der Waals surface area contributed by atoms with Gasteiger partial charge in [0, 0.05) is 12.7 Å². The van der Waals surface area contributed by atoms with Gasteiger partial charge in [-0.1, -0.05) is 75.4 Å². The molecule has 246 valence electrons. The molecule has 9 nitrogen and oxygen atoms in total. The van der Waals surface area contributed by atoms with Gasteiger partial charge in [-0.3, -0.25) is 4.90 Å². The third-order valence-electron chi connectivity index (χ3n) is 9.33. The summed E-state index contributed by atoms with van der Waals surface area (Å²) in [6.07, 6.45) is 0.0474. The van der Waals surface area contributed by atoms with E-state index in [0.717, 1.165) is 28.2 Å². The van der Waals surface area contributed by atoms with Gasteiger partial charge < -0.3 is 33.8 Å². The van der Waals surface area contributed by atoms with E-state index in [9.17, 15) is 9.90 Å². The maximum atomic E-state index is 13.0. The van der Waals surface area contributed by atoms with Gasteiger partial charge >= 0.3 is 6.03 Å². The molecule has 1 fully saturated rings. The Kier molecular flexibility index (Phi) is 9.95. The number of hydrogen-bond acceptors (Lipinski definition) is 7. The maximum absolute atomic E-state index is 13.0. The minimum Gasteiger partial charge on any atom is -0.497 e. The van der Waals surface area contributed by atoms with Gasteiger partial charge in [0.15, 0.2) is 14.5 Å². The topological polar surface area (TPSA) is 98.7 Å². The summed E-state index contributed by atoms with van der Waals surface area (Å²) in [5.74, 6) is 1.44. The zero-order chi connectivity index (χ0) is 33.1. The van der Waals surface area contributed by atoms with Gasteiger partial charge in [-0.25, -0.2) is 4.79 Å². The monoisotopic (exact) mass is 646 g/mol. The predicted molar refractivity (Wildman–Crippen MR) is 179 cm³/mol. The van der Waals surface area contributed by atoms with Crippen molar-refractivity contribution in [3.63, 3.8) is 0 Å².